The number of alkyl halides is 6. The van der Waals surface area contributed by atoms with Gasteiger partial charge in [0.2, 0.25) is 12.3 Å². The molecule has 1 aromatic rings. The van der Waals surface area contributed by atoms with Crippen LogP contribution in [-0.4, -0.2) is 60.1 Å². The molecule has 0 aliphatic carbocycles. The monoisotopic (exact) mass is 561 g/mol. The third-order valence-electron chi connectivity index (χ3n) is 7.71. The van der Waals surface area contributed by atoms with Crippen LogP contribution in [0.5, 0.6) is 0 Å². The lowest BCUT2D eigenvalue weighted by atomic mass is 9.58. The molecule has 3 amide bonds. The number of rotatable bonds is 8. The highest BCUT2D eigenvalue weighted by molar-refractivity contribution is 5.87. The van der Waals surface area contributed by atoms with E-state index in [9.17, 15) is 46.0 Å². The van der Waals surface area contributed by atoms with Crippen molar-refractivity contribution in [1.29, 1.82) is 5.26 Å². The van der Waals surface area contributed by atoms with Gasteiger partial charge in [0.1, 0.15) is 6.04 Å². The van der Waals surface area contributed by atoms with Crippen LogP contribution < -0.4 is 10.6 Å². The highest BCUT2D eigenvalue weighted by atomic mass is 19.4. The van der Waals surface area contributed by atoms with Crippen molar-refractivity contribution in [2.45, 2.75) is 58.4 Å². The Kier molecular flexibility index (Phi) is 9.10. The van der Waals surface area contributed by atoms with E-state index >= 15 is 0 Å². The molecule has 2 N–H and O–H groups in total. The van der Waals surface area contributed by atoms with Gasteiger partial charge in [-0.2, -0.15) is 31.6 Å². The number of pyridine rings is 1. The van der Waals surface area contributed by atoms with E-state index in [-0.39, 0.29) is 36.5 Å². The van der Waals surface area contributed by atoms with Gasteiger partial charge < -0.3 is 15.5 Å². The van der Waals surface area contributed by atoms with Crippen molar-refractivity contribution >= 4 is 24.3 Å². The third-order valence-corrected chi connectivity index (χ3v) is 7.71. The van der Waals surface area contributed by atoms with Crippen molar-refractivity contribution in [1.82, 2.24) is 20.5 Å². The van der Waals surface area contributed by atoms with Crippen LogP contribution in [0.25, 0.3) is 6.08 Å². The van der Waals surface area contributed by atoms with Gasteiger partial charge in [-0.15, -0.1) is 0 Å². The van der Waals surface area contributed by atoms with Crippen molar-refractivity contribution in [2.24, 2.45) is 11.3 Å². The van der Waals surface area contributed by atoms with Gasteiger partial charge in [0.15, 0.2) is 0 Å². The maximum atomic E-state index is 13.5. The average molecular weight is 562 g/mol. The second-order valence-corrected chi connectivity index (χ2v) is 10.3. The quantitative estimate of drug-likeness (QED) is 0.370. The van der Waals surface area contributed by atoms with Crippen LogP contribution in [-0.2, 0) is 19.8 Å². The zero-order valence-electron chi connectivity index (χ0n) is 21.9. The van der Waals surface area contributed by atoms with Gasteiger partial charge >= 0.3 is 18.3 Å². The summed E-state index contributed by atoms with van der Waals surface area (Å²) < 4.78 is 78.2. The molecule has 0 spiro atoms. The lowest BCUT2D eigenvalue weighted by Crippen LogP contribution is -2.47. The molecular weight excluding hydrogens is 532 g/mol. The van der Waals surface area contributed by atoms with E-state index in [1.54, 1.807) is 33.0 Å². The molecule has 39 heavy (non-hydrogen) atoms. The zero-order valence-corrected chi connectivity index (χ0v) is 21.9. The van der Waals surface area contributed by atoms with Gasteiger partial charge in [0.25, 0.3) is 0 Å². The molecule has 1 saturated heterocycles. The Morgan fingerprint density at radius 2 is 1.85 bits per heavy atom. The number of carbonyl (C=O) groups excluding carboxylic acids is 3. The molecule has 1 aliphatic rings. The number of hydrogen-bond donors (Lipinski definition) is 2. The van der Waals surface area contributed by atoms with Crippen LogP contribution in [0, 0.1) is 22.7 Å². The fraction of sp³-hybridized carbons (Fsp3) is 0.560. The van der Waals surface area contributed by atoms with Gasteiger partial charge in [-0.3, -0.25) is 19.4 Å². The fourth-order valence-corrected chi connectivity index (χ4v) is 4.77. The first kappa shape index (κ1) is 31.6. The molecule has 1 aromatic heterocycles. The zero-order chi connectivity index (χ0) is 30.0. The predicted molar refractivity (Wildman–Crippen MR) is 127 cm³/mol. The number of nitriles is 1. The Bertz CT molecular complexity index is 1190. The molecule has 1 fully saturated rings. The average Bonchev–Trinajstić information content (AvgIpc) is 3.15. The van der Waals surface area contributed by atoms with Gasteiger partial charge in [-0.05, 0) is 40.9 Å². The number of carbonyl (C=O) groups is 3. The summed E-state index contributed by atoms with van der Waals surface area (Å²) >= 11 is 0. The fourth-order valence-electron chi connectivity index (χ4n) is 4.77. The SMILES string of the molecule is C/C(=C\c1c(C(C#N)NC=O)cncc1C(C)(C)C1(C)CN(C(=O)CNC(=O)C(F)(F)F)C[C@@H]1C)C(F)(F)F. The first-order chi connectivity index (χ1) is 17.8. The van der Waals surface area contributed by atoms with Crippen molar-refractivity contribution < 1.29 is 40.7 Å². The molecule has 0 radical (unpaired) electrons. The standard InChI is InChI=1S/C25H29F6N5O3/c1-14(24(26,27)28)6-16-17(19(7-32)35-13-37)8-33-9-18(16)22(3,4)23(5)12-36(11-15(23)2)20(38)10-34-21(39)25(29,30)31/h6,8-9,13,15,19H,10-12H2,1-5H3,(H,34,39)(H,35,37)/b14-6+/t15-,19?,23?/m0/s1. The summed E-state index contributed by atoms with van der Waals surface area (Å²) in [5, 5.41) is 13.4. The van der Waals surface area contributed by atoms with E-state index in [2.05, 4.69) is 10.3 Å². The van der Waals surface area contributed by atoms with Crippen LogP contribution in [0.1, 0.15) is 57.4 Å². The molecule has 2 heterocycles. The first-order valence-corrected chi connectivity index (χ1v) is 11.8. The largest absolute Gasteiger partial charge is 0.471 e. The number of allylic oxidation sites excluding steroid dienone is 1. The van der Waals surface area contributed by atoms with Crippen LogP contribution in [0.3, 0.4) is 0 Å². The minimum atomic E-state index is -5.15. The number of likely N-dealkylation sites (tertiary alicyclic amines) is 1. The first-order valence-electron chi connectivity index (χ1n) is 11.8. The number of nitrogens with zero attached hydrogens (tertiary/aromatic N) is 3. The van der Waals surface area contributed by atoms with E-state index in [4.69, 9.17) is 0 Å². The molecule has 214 valence electrons. The summed E-state index contributed by atoms with van der Waals surface area (Å²) in [6.07, 6.45) is -6.15. The number of hydrogen-bond acceptors (Lipinski definition) is 5. The minimum absolute atomic E-state index is 0.0157. The Hall–Kier alpha value is -3.63. The highest BCUT2D eigenvalue weighted by Gasteiger charge is 2.53. The lowest BCUT2D eigenvalue weighted by molar-refractivity contribution is -0.174. The van der Waals surface area contributed by atoms with Crippen molar-refractivity contribution in [3.8, 4) is 6.07 Å². The van der Waals surface area contributed by atoms with Crippen LogP contribution in [0.4, 0.5) is 26.3 Å². The van der Waals surface area contributed by atoms with Crippen LogP contribution in [0.15, 0.2) is 18.0 Å². The minimum Gasteiger partial charge on any atom is -0.340 e. The number of halogens is 6. The molecule has 8 nitrogen and oxygen atoms in total. The van der Waals surface area contributed by atoms with Gasteiger partial charge in [0.05, 0.1) is 12.6 Å². The van der Waals surface area contributed by atoms with Gasteiger partial charge in [-0.1, -0.05) is 27.7 Å². The highest BCUT2D eigenvalue weighted by Crippen LogP contribution is 2.52. The molecule has 14 heteroatoms. The smallest absolute Gasteiger partial charge is 0.340 e. The van der Waals surface area contributed by atoms with Gasteiger partial charge in [0, 0.05) is 36.6 Å². The maximum Gasteiger partial charge on any atom is 0.471 e. The van der Waals surface area contributed by atoms with Crippen molar-refractivity contribution in [3.63, 3.8) is 0 Å². The number of nitrogens with one attached hydrogen (secondary N) is 2. The Morgan fingerprint density at radius 3 is 2.36 bits per heavy atom. The summed E-state index contributed by atoms with van der Waals surface area (Å²) in [5.41, 5.74) is -2.44. The lowest BCUT2D eigenvalue weighted by Gasteiger charge is -2.45. The summed E-state index contributed by atoms with van der Waals surface area (Å²) in [6, 6.07) is 0.530. The molecule has 3 atom stereocenters. The summed E-state index contributed by atoms with van der Waals surface area (Å²) in [6.45, 7) is 7.18. The van der Waals surface area contributed by atoms with E-state index in [1.807, 2.05) is 6.07 Å². The molecule has 0 saturated carbocycles. The number of amides is 3. The Balaban J connectivity index is 2.57. The van der Waals surface area contributed by atoms with Crippen LogP contribution >= 0.6 is 0 Å². The van der Waals surface area contributed by atoms with Gasteiger partial charge in [-0.25, -0.2) is 0 Å². The van der Waals surface area contributed by atoms with E-state index in [0.29, 0.717) is 5.56 Å². The normalized spacial score (nSPS) is 21.2. The van der Waals surface area contributed by atoms with E-state index in [0.717, 1.165) is 13.0 Å². The van der Waals surface area contributed by atoms with Crippen molar-refractivity contribution in [3.05, 3.63) is 34.7 Å². The molecular formula is C25H29F6N5O3. The molecule has 2 rings (SSSR count). The molecule has 0 bridgehead atoms. The molecule has 2 unspecified atom stereocenters. The molecule has 1 aliphatic heterocycles. The summed E-state index contributed by atoms with van der Waals surface area (Å²) in [7, 11) is 0. The third kappa shape index (κ3) is 6.51. The Labute approximate surface area is 221 Å². The molecule has 0 aromatic carbocycles. The summed E-state index contributed by atoms with van der Waals surface area (Å²) in [5.74, 6) is -3.29. The van der Waals surface area contributed by atoms with Crippen LogP contribution in [0.2, 0.25) is 0 Å². The Morgan fingerprint density at radius 1 is 1.23 bits per heavy atom. The summed E-state index contributed by atoms with van der Waals surface area (Å²) in [4.78, 5) is 40.3. The number of aromatic nitrogens is 1. The topological polar surface area (TPSA) is 115 Å². The van der Waals surface area contributed by atoms with E-state index in [1.165, 1.54) is 17.3 Å². The second kappa shape index (κ2) is 11.2. The van der Waals surface area contributed by atoms with Crippen molar-refractivity contribution in [2.75, 3.05) is 19.6 Å². The van der Waals surface area contributed by atoms with E-state index < -0.39 is 53.2 Å². The predicted octanol–water partition coefficient (Wildman–Crippen LogP) is 3.80. The maximum absolute atomic E-state index is 13.5. The second-order valence-electron chi connectivity index (χ2n) is 10.3.